The minimum atomic E-state index is 0.316. The van der Waals surface area contributed by atoms with Crippen LogP contribution in [0, 0.1) is 26.7 Å². The van der Waals surface area contributed by atoms with E-state index in [0.29, 0.717) is 12.0 Å². The lowest BCUT2D eigenvalue weighted by atomic mass is 10.0. The summed E-state index contributed by atoms with van der Waals surface area (Å²) in [7, 11) is 0. The quantitative estimate of drug-likeness (QED) is 0.767. The van der Waals surface area contributed by atoms with E-state index in [9.17, 15) is 0 Å². The van der Waals surface area contributed by atoms with Crippen molar-refractivity contribution in [1.82, 2.24) is 10.3 Å². The second-order valence-electron chi connectivity index (χ2n) is 5.72. The lowest BCUT2D eigenvalue weighted by Crippen LogP contribution is -2.25. The number of nitrogens with zero attached hydrogens (tertiary/aromatic N) is 1. The summed E-state index contributed by atoms with van der Waals surface area (Å²) in [6, 6.07) is 2.46. The van der Waals surface area contributed by atoms with Crippen molar-refractivity contribution < 1.29 is 4.74 Å². The highest BCUT2D eigenvalue weighted by Gasteiger charge is 2.12. The molecule has 1 unspecified atom stereocenters. The van der Waals surface area contributed by atoms with E-state index >= 15 is 0 Å². The first-order valence-corrected chi connectivity index (χ1v) is 7.17. The molecule has 108 valence electrons. The van der Waals surface area contributed by atoms with Crippen molar-refractivity contribution in [1.29, 1.82) is 0 Å². The Morgan fingerprint density at radius 2 is 1.89 bits per heavy atom. The van der Waals surface area contributed by atoms with Crippen LogP contribution >= 0.6 is 0 Å². The van der Waals surface area contributed by atoms with Crippen LogP contribution in [-0.4, -0.2) is 24.7 Å². The van der Waals surface area contributed by atoms with E-state index in [-0.39, 0.29) is 0 Å². The highest BCUT2D eigenvalue weighted by molar-refractivity contribution is 5.33. The third-order valence-corrected chi connectivity index (χ3v) is 3.17. The molecule has 0 amide bonds. The first-order valence-electron chi connectivity index (χ1n) is 7.17. The molecule has 0 spiro atoms. The molecule has 3 heteroatoms. The fourth-order valence-corrected chi connectivity index (χ4v) is 2.46. The van der Waals surface area contributed by atoms with Gasteiger partial charge < -0.3 is 10.1 Å². The number of nitrogens with one attached hydrogen (secondary N) is 1. The van der Waals surface area contributed by atoms with E-state index in [2.05, 4.69) is 51.0 Å². The van der Waals surface area contributed by atoms with Gasteiger partial charge in [0.15, 0.2) is 0 Å². The standard InChI is InChI=1S/C16H28N2O/c1-11(2)10-19-8-7-17-14(5)16-12(3)9-13(4)18-15(16)6/h9,11,14,17H,7-8,10H2,1-6H3. The zero-order valence-corrected chi connectivity index (χ0v) is 13.2. The molecular formula is C16H28N2O. The molecule has 3 nitrogen and oxygen atoms in total. The van der Waals surface area contributed by atoms with Crippen LogP contribution in [-0.2, 0) is 4.74 Å². The highest BCUT2D eigenvalue weighted by atomic mass is 16.5. The Labute approximate surface area is 117 Å². The zero-order chi connectivity index (χ0) is 14.4. The van der Waals surface area contributed by atoms with Gasteiger partial charge in [0.2, 0.25) is 0 Å². The second kappa shape index (κ2) is 7.61. The molecule has 1 N–H and O–H groups in total. The van der Waals surface area contributed by atoms with E-state index in [0.717, 1.165) is 31.1 Å². The molecule has 0 aliphatic rings. The van der Waals surface area contributed by atoms with Crippen LogP contribution in [0.25, 0.3) is 0 Å². The first kappa shape index (κ1) is 16.1. The predicted molar refractivity (Wildman–Crippen MR) is 80.5 cm³/mol. The maximum Gasteiger partial charge on any atom is 0.0591 e. The monoisotopic (exact) mass is 264 g/mol. The summed E-state index contributed by atoms with van der Waals surface area (Å²) in [5.41, 5.74) is 4.84. The van der Waals surface area contributed by atoms with Crippen LogP contribution in [0.4, 0.5) is 0 Å². The summed E-state index contributed by atoms with van der Waals surface area (Å²) in [6.45, 7) is 15.3. The van der Waals surface area contributed by atoms with Gasteiger partial charge in [0, 0.05) is 30.6 Å². The average Bonchev–Trinajstić information content (AvgIpc) is 2.26. The Morgan fingerprint density at radius 3 is 2.47 bits per heavy atom. The van der Waals surface area contributed by atoms with Gasteiger partial charge in [-0.25, -0.2) is 0 Å². The van der Waals surface area contributed by atoms with Crippen molar-refractivity contribution in [3.8, 4) is 0 Å². The second-order valence-corrected chi connectivity index (χ2v) is 5.72. The van der Waals surface area contributed by atoms with E-state index in [1.54, 1.807) is 0 Å². The number of hydrogen-bond donors (Lipinski definition) is 1. The first-order chi connectivity index (χ1) is 8.91. The average molecular weight is 264 g/mol. The van der Waals surface area contributed by atoms with Crippen molar-refractivity contribution >= 4 is 0 Å². The minimum Gasteiger partial charge on any atom is -0.380 e. The number of pyridine rings is 1. The van der Waals surface area contributed by atoms with Crippen molar-refractivity contribution in [2.24, 2.45) is 5.92 Å². The molecule has 0 saturated heterocycles. The topological polar surface area (TPSA) is 34.1 Å². The molecule has 0 saturated carbocycles. The molecule has 0 aliphatic carbocycles. The summed E-state index contributed by atoms with van der Waals surface area (Å²) >= 11 is 0. The Morgan fingerprint density at radius 1 is 1.21 bits per heavy atom. The largest absolute Gasteiger partial charge is 0.380 e. The van der Waals surface area contributed by atoms with E-state index in [4.69, 9.17) is 4.74 Å². The molecule has 0 fully saturated rings. The van der Waals surface area contributed by atoms with Gasteiger partial charge in [-0.3, -0.25) is 4.98 Å². The van der Waals surface area contributed by atoms with Crippen molar-refractivity contribution in [3.05, 3.63) is 28.6 Å². The molecule has 0 aromatic carbocycles. The normalized spacial score (nSPS) is 13.0. The summed E-state index contributed by atoms with van der Waals surface area (Å²) in [4.78, 5) is 4.55. The van der Waals surface area contributed by atoms with Crippen LogP contribution in [0.15, 0.2) is 6.07 Å². The number of hydrogen-bond acceptors (Lipinski definition) is 3. The van der Waals surface area contributed by atoms with Gasteiger partial charge in [-0.05, 0) is 50.8 Å². The van der Waals surface area contributed by atoms with Crippen LogP contribution in [0.5, 0.6) is 0 Å². The molecule has 1 rings (SSSR count). The number of ether oxygens (including phenoxy) is 1. The number of aromatic nitrogens is 1. The van der Waals surface area contributed by atoms with Gasteiger partial charge in [0.05, 0.1) is 6.61 Å². The number of aryl methyl sites for hydroxylation is 3. The minimum absolute atomic E-state index is 0.316. The van der Waals surface area contributed by atoms with Crippen LogP contribution in [0.2, 0.25) is 0 Å². The fourth-order valence-electron chi connectivity index (χ4n) is 2.46. The van der Waals surface area contributed by atoms with Gasteiger partial charge in [0.25, 0.3) is 0 Å². The summed E-state index contributed by atoms with van der Waals surface area (Å²) in [5, 5.41) is 3.51. The van der Waals surface area contributed by atoms with Gasteiger partial charge in [-0.2, -0.15) is 0 Å². The molecule has 1 heterocycles. The molecule has 19 heavy (non-hydrogen) atoms. The Kier molecular flexibility index (Phi) is 6.46. The molecule has 0 bridgehead atoms. The van der Waals surface area contributed by atoms with Gasteiger partial charge >= 0.3 is 0 Å². The molecule has 0 radical (unpaired) electrons. The summed E-state index contributed by atoms with van der Waals surface area (Å²) in [5.74, 6) is 0.600. The SMILES string of the molecule is Cc1cc(C)c(C(C)NCCOCC(C)C)c(C)n1. The van der Waals surface area contributed by atoms with Gasteiger partial charge in [0.1, 0.15) is 0 Å². The van der Waals surface area contributed by atoms with Crippen molar-refractivity contribution in [3.63, 3.8) is 0 Å². The molecular weight excluding hydrogens is 236 g/mol. The lowest BCUT2D eigenvalue weighted by molar-refractivity contribution is 0.110. The molecule has 1 aromatic heterocycles. The van der Waals surface area contributed by atoms with E-state index < -0.39 is 0 Å². The Balaban J connectivity index is 2.48. The molecule has 1 aromatic rings. The van der Waals surface area contributed by atoms with E-state index in [1.807, 2.05) is 6.92 Å². The number of rotatable bonds is 7. The smallest absolute Gasteiger partial charge is 0.0591 e. The fraction of sp³-hybridized carbons (Fsp3) is 0.688. The zero-order valence-electron chi connectivity index (χ0n) is 13.2. The lowest BCUT2D eigenvalue weighted by Gasteiger charge is -2.19. The Hall–Kier alpha value is -0.930. The summed E-state index contributed by atoms with van der Waals surface area (Å²) in [6.07, 6.45) is 0. The highest BCUT2D eigenvalue weighted by Crippen LogP contribution is 2.20. The van der Waals surface area contributed by atoms with Gasteiger partial charge in [-0.15, -0.1) is 0 Å². The Bertz CT molecular complexity index is 379. The molecule has 0 aliphatic heterocycles. The van der Waals surface area contributed by atoms with Crippen molar-refractivity contribution in [2.45, 2.75) is 47.6 Å². The third-order valence-electron chi connectivity index (χ3n) is 3.17. The van der Waals surface area contributed by atoms with E-state index in [1.165, 1.54) is 11.1 Å². The van der Waals surface area contributed by atoms with Crippen molar-refractivity contribution in [2.75, 3.05) is 19.8 Å². The van der Waals surface area contributed by atoms with Crippen LogP contribution in [0.1, 0.15) is 49.3 Å². The maximum absolute atomic E-state index is 5.58. The summed E-state index contributed by atoms with van der Waals surface area (Å²) < 4.78 is 5.58. The maximum atomic E-state index is 5.58. The van der Waals surface area contributed by atoms with Gasteiger partial charge in [-0.1, -0.05) is 13.8 Å². The van der Waals surface area contributed by atoms with Crippen LogP contribution in [0.3, 0.4) is 0 Å². The molecule has 1 atom stereocenters. The third kappa shape index (κ3) is 5.29. The predicted octanol–water partition coefficient (Wildman–Crippen LogP) is 3.33. The van der Waals surface area contributed by atoms with Crippen LogP contribution < -0.4 is 5.32 Å².